The van der Waals surface area contributed by atoms with Crippen molar-refractivity contribution in [2.45, 2.75) is 19.5 Å². The number of benzene rings is 2. The molecule has 0 unspecified atom stereocenters. The second-order valence-corrected chi connectivity index (χ2v) is 6.09. The molecular weight excluding hydrogens is 399 g/mol. The third-order valence-corrected chi connectivity index (χ3v) is 3.94. The van der Waals surface area contributed by atoms with Crippen molar-refractivity contribution in [2.75, 3.05) is 18.5 Å². The third kappa shape index (κ3) is 6.45. The van der Waals surface area contributed by atoms with E-state index in [1.165, 1.54) is 6.07 Å². The number of hydrogen-bond donors (Lipinski definition) is 1. The summed E-state index contributed by atoms with van der Waals surface area (Å²) >= 11 is 5.51. The predicted molar refractivity (Wildman–Crippen MR) is 97.4 cm³/mol. The molecule has 2 aromatic carbocycles. The van der Waals surface area contributed by atoms with Crippen LogP contribution in [0.4, 0.5) is 18.9 Å². The monoisotopic (exact) mass is 415 g/mol. The number of carbonyl (C=O) groups is 2. The highest BCUT2D eigenvalue weighted by Gasteiger charge is 2.33. The number of nitrogens with one attached hydrogen (secondary N) is 1. The first-order valence-corrected chi connectivity index (χ1v) is 8.60. The third-order valence-electron chi connectivity index (χ3n) is 3.61. The number of esters is 1. The molecule has 5 nitrogen and oxygen atoms in total. The number of hydrogen-bond acceptors (Lipinski definition) is 4. The minimum Gasteiger partial charge on any atom is -0.482 e. The molecule has 0 saturated carbocycles. The highest BCUT2D eigenvalue weighted by molar-refractivity contribution is 6.31. The van der Waals surface area contributed by atoms with E-state index in [1.807, 2.05) is 19.1 Å². The van der Waals surface area contributed by atoms with Crippen LogP contribution in [-0.2, 0) is 26.9 Å². The predicted octanol–water partition coefficient (Wildman–Crippen LogP) is 4.48. The number of aryl methyl sites for hydroxylation is 1. The Hall–Kier alpha value is -2.74. The summed E-state index contributed by atoms with van der Waals surface area (Å²) in [7, 11) is 0. The van der Waals surface area contributed by atoms with E-state index in [4.69, 9.17) is 21.1 Å². The number of ether oxygens (including phenoxy) is 2. The first-order valence-electron chi connectivity index (χ1n) is 8.23. The largest absolute Gasteiger partial charge is 0.482 e. The molecule has 0 aliphatic heterocycles. The molecule has 0 atom stereocenters. The number of amides is 1. The van der Waals surface area contributed by atoms with Gasteiger partial charge in [-0.25, -0.2) is 4.79 Å². The number of carbonyl (C=O) groups excluding carboxylic acids is 2. The van der Waals surface area contributed by atoms with Gasteiger partial charge in [0.05, 0.1) is 10.6 Å². The summed E-state index contributed by atoms with van der Waals surface area (Å²) in [6.07, 6.45) is -3.79. The summed E-state index contributed by atoms with van der Waals surface area (Å²) in [6, 6.07) is 10.1. The molecule has 0 bridgehead atoms. The Kier molecular flexibility index (Phi) is 7.28. The van der Waals surface area contributed by atoms with Crippen molar-refractivity contribution >= 4 is 29.2 Å². The number of halogens is 4. The second kappa shape index (κ2) is 9.45. The van der Waals surface area contributed by atoms with Gasteiger partial charge < -0.3 is 14.8 Å². The normalized spacial score (nSPS) is 11.0. The van der Waals surface area contributed by atoms with E-state index in [-0.39, 0.29) is 5.69 Å². The van der Waals surface area contributed by atoms with E-state index in [9.17, 15) is 22.8 Å². The van der Waals surface area contributed by atoms with Gasteiger partial charge in [0, 0.05) is 5.69 Å². The molecular formula is C19H17ClF3NO4. The highest BCUT2D eigenvalue weighted by atomic mass is 35.5. The molecule has 0 radical (unpaired) electrons. The van der Waals surface area contributed by atoms with Gasteiger partial charge in [-0.15, -0.1) is 0 Å². The van der Waals surface area contributed by atoms with Gasteiger partial charge >= 0.3 is 12.1 Å². The Bertz CT molecular complexity index is 838. The lowest BCUT2D eigenvalue weighted by Gasteiger charge is -2.12. The lowest BCUT2D eigenvalue weighted by Crippen LogP contribution is -2.23. The quantitative estimate of drug-likeness (QED) is 0.677. The van der Waals surface area contributed by atoms with Gasteiger partial charge in [-0.1, -0.05) is 30.7 Å². The molecule has 1 amide bonds. The number of alkyl halides is 3. The Morgan fingerprint density at radius 3 is 2.36 bits per heavy atom. The SMILES string of the molecule is CCc1ccc(OCC(=O)OCC(=O)Nc2ccc(Cl)c(C(F)(F)F)c2)cc1. The molecule has 9 heteroatoms. The summed E-state index contributed by atoms with van der Waals surface area (Å²) in [6.45, 7) is 0.936. The molecule has 0 aliphatic carbocycles. The molecule has 0 fully saturated rings. The molecule has 0 heterocycles. The molecule has 0 spiro atoms. The first kappa shape index (κ1) is 21.6. The van der Waals surface area contributed by atoms with Crippen molar-refractivity contribution in [1.82, 2.24) is 0 Å². The van der Waals surface area contributed by atoms with Crippen LogP contribution in [0.5, 0.6) is 5.75 Å². The summed E-state index contributed by atoms with van der Waals surface area (Å²) in [5.41, 5.74) is -0.0843. The maximum atomic E-state index is 12.8. The molecule has 0 aromatic heterocycles. The average molecular weight is 416 g/mol. The fourth-order valence-electron chi connectivity index (χ4n) is 2.17. The highest BCUT2D eigenvalue weighted by Crippen LogP contribution is 2.36. The van der Waals surface area contributed by atoms with Crippen molar-refractivity contribution in [3.8, 4) is 5.75 Å². The van der Waals surface area contributed by atoms with Gasteiger partial charge in [0.25, 0.3) is 5.91 Å². The van der Waals surface area contributed by atoms with Gasteiger partial charge in [-0.05, 0) is 42.3 Å². The maximum absolute atomic E-state index is 12.8. The van der Waals surface area contributed by atoms with E-state index in [0.717, 1.165) is 18.1 Å². The first-order chi connectivity index (χ1) is 13.2. The Morgan fingerprint density at radius 1 is 1.07 bits per heavy atom. The fraction of sp³-hybridized carbons (Fsp3) is 0.263. The summed E-state index contributed by atoms with van der Waals surface area (Å²) in [5, 5.41) is 1.72. The van der Waals surface area contributed by atoms with Crippen molar-refractivity contribution in [2.24, 2.45) is 0 Å². The molecule has 2 rings (SSSR count). The molecule has 1 N–H and O–H groups in total. The van der Waals surface area contributed by atoms with E-state index in [2.05, 4.69) is 5.32 Å². The van der Waals surface area contributed by atoms with Gasteiger partial charge in [0.1, 0.15) is 5.75 Å². The van der Waals surface area contributed by atoms with Crippen LogP contribution in [0.25, 0.3) is 0 Å². The zero-order valence-electron chi connectivity index (χ0n) is 14.8. The van der Waals surface area contributed by atoms with Gasteiger partial charge in [0.2, 0.25) is 0 Å². The summed E-state index contributed by atoms with van der Waals surface area (Å²) < 4.78 is 48.4. The van der Waals surface area contributed by atoms with Gasteiger partial charge in [-0.3, -0.25) is 4.79 Å². The van der Waals surface area contributed by atoms with E-state index >= 15 is 0 Å². The second-order valence-electron chi connectivity index (χ2n) is 5.69. The van der Waals surface area contributed by atoms with Crippen LogP contribution in [-0.4, -0.2) is 25.1 Å². The minimum absolute atomic E-state index is 0.120. The molecule has 150 valence electrons. The molecule has 2 aromatic rings. The Morgan fingerprint density at radius 2 is 1.75 bits per heavy atom. The molecule has 0 saturated heterocycles. The smallest absolute Gasteiger partial charge is 0.417 e. The van der Waals surface area contributed by atoms with E-state index in [1.54, 1.807) is 12.1 Å². The van der Waals surface area contributed by atoms with Crippen molar-refractivity contribution in [1.29, 1.82) is 0 Å². The number of rotatable bonds is 7. The van der Waals surface area contributed by atoms with Crippen LogP contribution in [0, 0.1) is 0 Å². The van der Waals surface area contributed by atoms with Gasteiger partial charge in [0.15, 0.2) is 13.2 Å². The number of anilines is 1. The van der Waals surface area contributed by atoms with Gasteiger partial charge in [-0.2, -0.15) is 13.2 Å². The Labute approximate surface area is 164 Å². The lowest BCUT2D eigenvalue weighted by atomic mass is 10.2. The van der Waals surface area contributed by atoms with E-state index < -0.39 is 41.9 Å². The zero-order valence-corrected chi connectivity index (χ0v) is 15.6. The maximum Gasteiger partial charge on any atom is 0.417 e. The van der Waals surface area contributed by atoms with Crippen molar-refractivity contribution in [3.05, 3.63) is 58.6 Å². The van der Waals surface area contributed by atoms with Crippen LogP contribution < -0.4 is 10.1 Å². The Balaban J connectivity index is 1.81. The topological polar surface area (TPSA) is 64.6 Å². The zero-order chi connectivity index (χ0) is 20.7. The minimum atomic E-state index is -4.66. The average Bonchev–Trinajstić information content (AvgIpc) is 2.65. The van der Waals surface area contributed by atoms with Crippen LogP contribution in [0.2, 0.25) is 5.02 Å². The fourth-order valence-corrected chi connectivity index (χ4v) is 2.39. The van der Waals surface area contributed by atoms with Crippen LogP contribution in [0.1, 0.15) is 18.1 Å². The molecule has 28 heavy (non-hydrogen) atoms. The van der Waals surface area contributed by atoms with E-state index in [0.29, 0.717) is 11.8 Å². The summed E-state index contributed by atoms with van der Waals surface area (Å²) in [5.74, 6) is -1.11. The van der Waals surface area contributed by atoms with Crippen LogP contribution in [0.15, 0.2) is 42.5 Å². The van der Waals surface area contributed by atoms with Crippen molar-refractivity contribution < 1.29 is 32.2 Å². The summed E-state index contributed by atoms with van der Waals surface area (Å²) in [4.78, 5) is 23.4. The lowest BCUT2D eigenvalue weighted by molar-refractivity contribution is -0.149. The van der Waals surface area contributed by atoms with Crippen LogP contribution in [0.3, 0.4) is 0 Å². The van der Waals surface area contributed by atoms with Crippen LogP contribution >= 0.6 is 11.6 Å². The standard InChI is InChI=1S/C19H17ClF3NO4/c1-2-12-3-6-14(7-4-12)27-11-18(26)28-10-17(25)24-13-5-8-16(20)15(9-13)19(21,22)23/h3-9H,2,10-11H2,1H3,(H,24,25). The molecule has 0 aliphatic rings. The van der Waals surface area contributed by atoms with Crippen molar-refractivity contribution in [3.63, 3.8) is 0 Å².